The van der Waals surface area contributed by atoms with E-state index in [1.807, 2.05) is 11.8 Å². The molecule has 13 heteroatoms. The lowest BCUT2D eigenvalue weighted by Gasteiger charge is -2.23. The van der Waals surface area contributed by atoms with Crippen LogP contribution in [0, 0.1) is 5.82 Å². The van der Waals surface area contributed by atoms with Crippen molar-refractivity contribution in [2.24, 2.45) is 7.05 Å². The summed E-state index contributed by atoms with van der Waals surface area (Å²) in [6.45, 7) is 3.44. The molecule has 1 aliphatic rings. The number of nitrogens with two attached hydrogens (primary N) is 1. The first-order valence-electron chi connectivity index (χ1n) is 12.7. The van der Waals surface area contributed by atoms with E-state index in [0.29, 0.717) is 22.2 Å². The number of anilines is 2. The first kappa shape index (κ1) is 27.7. The van der Waals surface area contributed by atoms with Gasteiger partial charge >= 0.3 is 5.76 Å². The Labute approximate surface area is 229 Å². The number of sulfonamides is 1. The molecule has 4 N–H and O–H groups in total. The van der Waals surface area contributed by atoms with Crippen LogP contribution in [0.5, 0.6) is 5.75 Å². The van der Waals surface area contributed by atoms with E-state index in [1.54, 1.807) is 23.9 Å². The normalized spacial score (nSPS) is 16.8. The van der Waals surface area contributed by atoms with E-state index in [1.165, 1.54) is 36.4 Å². The molecular weight excluding hydrogens is 545 g/mol. The second-order valence-electron chi connectivity index (χ2n) is 9.77. The average Bonchev–Trinajstić information content (AvgIpc) is 3.28. The molecule has 2 atom stereocenters. The molecule has 2 aromatic heterocycles. The van der Waals surface area contributed by atoms with Crippen molar-refractivity contribution in [1.82, 2.24) is 20.1 Å². The maximum atomic E-state index is 13.4. The molecule has 0 saturated carbocycles. The van der Waals surface area contributed by atoms with E-state index in [4.69, 9.17) is 15.6 Å². The van der Waals surface area contributed by atoms with Gasteiger partial charge in [-0.25, -0.2) is 17.8 Å². The van der Waals surface area contributed by atoms with Crippen LogP contribution in [-0.4, -0.2) is 42.0 Å². The molecule has 3 heterocycles. The van der Waals surface area contributed by atoms with Crippen LogP contribution in [0.15, 0.2) is 48.7 Å². The summed E-state index contributed by atoms with van der Waals surface area (Å²) in [5.74, 6) is -3.59. The molecule has 1 fully saturated rings. The lowest BCUT2D eigenvalue weighted by Crippen LogP contribution is -2.28. The average molecular weight is 575 g/mol. The predicted molar refractivity (Wildman–Crippen MR) is 147 cm³/mol. The number of nitrogens with one attached hydrogen (secondary N) is 2. The highest BCUT2D eigenvalue weighted by Crippen LogP contribution is 2.40. The fourth-order valence-electron chi connectivity index (χ4n) is 5.02. The lowest BCUT2D eigenvalue weighted by molar-refractivity contribution is 0.228. The van der Waals surface area contributed by atoms with Crippen molar-refractivity contribution in [2.75, 3.05) is 23.5 Å². The monoisotopic (exact) mass is 574 g/mol. The van der Waals surface area contributed by atoms with Crippen LogP contribution in [0.4, 0.5) is 24.7 Å². The summed E-state index contributed by atoms with van der Waals surface area (Å²) in [7, 11) is -3.17. The Morgan fingerprint density at radius 1 is 1.20 bits per heavy atom. The van der Waals surface area contributed by atoms with Crippen molar-refractivity contribution in [3.05, 3.63) is 65.6 Å². The van der Waals surface area contributed by atoms with Crippen molar-refractivity contribution in [3.8, 4) is 17.0 Å². The Bertz CT molecular complexity index is 1640. The molecule has 0 amide bonds. The molecule has 0 aliphatic carbocycles. The number of pyridine rings is 1. The maximum absolute atomic E-state index is 13.4. The molecule has 0 radical (unpaired) electrons. The lowest BCUT2D eigenvalue weighted by atomic mass is 9.91. The third-order valence-electron chi connectivity index (χ3n) is 7.04. The number of ether oxygens (including phenoxy) is 1. The molecule has 1 unspecified atom stereocenters. The van der Waals surface area contributed by atoms with Crippen LogP contribution < -0.4 is 20.5 Å². The molecule has 1 aliphatic heterocycles. The van der Waals surface area contributed by atoms with Crippen molar-refractivity contribution >= 4 is 32.4 Å². The number of hydrogen-bond acceptors (Lipinski definition) is 7. The number of hydrogen-bond donors (Lipinski definition) is 3. The standard InChI is InChI=1S/C27H29F3N6O3S/c1-15(16-5-8-19(28)9-6-16)39-22-12-17(7-10-21(22)35-40(37,38)27(29)30)24-23-25(36(2)34-24)20(14-33-26(23)31)18-4-3-11-32-13-18/h5-10,12,14-15,18,27,32,35H,3-4,11,13H2,1-2H3,(H2,31,33)/t15-,18?/m0/s1. The third kappa shape index (κ3) is 5.43. The van der Waals surface area contributed by atoms with E-state index in [9.17, 15) is 21.6 Å². The molecule has 2 aromatic carbocycles. The highest BCUT2D eigenvalue weighted by atomic mass is 32.2. The van der Waals surface area contributed by atoms with Crippen molar-refractivity contribution in [1.29, 1.82) is 0 Å². The van der Waals surface area contributed by atoms with Crippen molar-refractivity contribution < 1.29 is 26.3 Å². The molecule has 9 nitrogen and oxygen atoms in total. The molecule has 0 bridgehead atoms. The summed E-state index contributed by atoms with van der Waals surface area (Å²) < 4.78 is 73.5. The number of rotatable bonds is 8. The number of benzene rings is 2. The number of piperidine rings is 1. The molecule has 4 aromatic rings. The van der Waals surface area contributed by atoms with Gasteiger partial charge in [0.2, 0.25) is 0 Å². The van der Waals surface area contributed by atoms with Crippen LogP contribution in [0.25, 0.3) is 22.2 Å². The van der Waals surface area contributed by atoms with Crippen molar-refractivity contribution in [2.45, 2.75) is 37.5 Å². The summed E-state index contributed by atoms with van der Waals surface area (Å²) in [6.07, 6.45) is 3.13. The second-order valence-corrected chi connectivity index (χ2v) is 11.4. The second kappa shape index (κ2) is 11.0. The zero-order valence-electron chi connectivity index (χ0n) is 21.9. The highest BCUT2D eigenvalue weighted by Gasteiger charge is 2.27. The van der Waals surface area contributed by atoms with E-state index in [2.05, 4.69) is 10.3 Å². The number of nitrogen functional groups attached to an aromatic ring is 1. The Morgan fingerprint density at radius 2 is 1.95 bits per heavy atom. The minimum Gasteiger partial charge on any atom is -0.484 e. The largest absolute Gasteiger partial charge is 0.484 e. The smallest absolute Gasteiger partial charge is 0.355 e. The summed E-state index contributed by atoms with van der Waals surface area (Å²) in [6, 6.07) is 9.97. The van der Waals surface area contributed by atoms with Crippen molar-refractivity contribution in [3.63, 3.8) is 0 Å². The Hall–Kier alpha value is -3.84. The van der Waals surface area contributed by atoms with Gasteiger partial charge in [-0.15, -0.1) is 0 Å². The first-order chi connectivity index (χ1) is 19.0. The van der Waals surface area contributed by atoms with E-state index < -0.39 is 27.7 Å². The molecule has 5 rings (SSSR count). The van der Waals surface area contributed by atoms with Crippen LogP contribution in [-0.2, 0) is 17.1 Å². The number of aryl methyl sites for hydroxylation is 1. The van der Waals surface area contributed by atoms with Gasteiger partial charge in [0.05, 0.1) is 16.6 Å². The Morgan fingerprint density at radius 3 is 2.62 bits per heavy atom. The number of aromatic nitrogens is 3. The summed E-state index contributed by atoms with van der Waals surface area (Å²) in [4.78, 5) is 4.44. The first-order valence-corrected chi connectivity index (χ1v) is 14.3. The fourth-order valence-corrected chi connectivity index (χ4v) is 5.59. The minimum atomic E-state index is -4.98. The van der Waals surface area contributed by atoms with Gasteiger partial charge in [0.1, 0.15) is 29.2 Å². The quantitative estimate of drug-likeness (QED) is 0.273. The van der Waals surface area contributed by atoms with Gasteiger partial charge in [0.15, 0.2) is 0 Å². The number of alkyl halides is 2. The fraction of sp³-hybridized carbons (Fsp3) is 0.333. The maximum Gasteiger partial charge on any atom is 0.355 e. The molecule has 40 heavy (non-hydrogen) atoms. The molecule has 212 valence electrons. The van der Waals surface area contributed by atoms with Gasteiger partial charge in [0.25, 0.3) is 10.0 Å². The highest BCUT2D eigenvalue weighted by molar-refractivity contribution is 7.93. The van der Waals surface area contributed by atoms with Crippen LogP contribution in [0.1, 0.15) is 42.9 Å². The summed E-state index contributed by atoms with van der Waals surface area (Å²) in [5, 5.41) is 8.76. The predicted octanol–water partition coefficient (Wildman–Crippen LogP) is 4.93. The van der Waals surface area contributed by atoms with Crippen LogP contribution >= 0.6 is 0 Å². The van der Waals surface area contributed by atoms with E-state index >= 15 is 0 Å². The van der Waals surface area contributed by atoms with Gasteiger partial charge in [-0.2, -0.15) is 13.9 Å². The van der Waals surface area contributed by atoms with Gasteiger partial charge < -0.3 is 15.8 Å². The minimum absolute atomic E-state index is 0.0171. The molecule has 1 saturated heterocycles. The van der Waals surface area contributed by atoms with E-state index in [-0.39, 0.29) is 23.2 Å². The third-order valence-corrected chi connectivity index (χ3v) is 8.01. The molecule has 0 spiro atoms. The summed E-state index contributed by atoms with van der Waals surface area (Å²) >= 11 is 0. The van der Waals surface area contributed by atoms with Gasteiger partial charge in [-0.05, 0) is 56.1 Å². The number of fused-ring (bicyclic) bond motifs is 1. The van der Waals surface area contributed by atoms with Crippen LogP contribution in [0.2, 0.25) is 0 Å². The van der Waals surface area contributed by atoms with Gasteiger partial charge in [-0.1, -0.05) is 18.2 Å². The number of nitrogens with zero attached hydrogens (tertiary/aromatic N) is 3. The summed E-state index contributed by atoms with van der Waals surface area (Å²) in [5.41, 5.74) is 9.60. The molecular formula is C27H29F3N6O3S. The number of halogens is 3. The Balaban J connectivity index is 1.61. The SMILES string of the molecule is C[C@H](Oc1cc(-c2nn(C)c3c(C4CCCNC4)cnc(N)c23)ccc1NS(=O)(=O)C(F)F)c1ccc(F)cc1. The topological polar surface area (TPSA) is 124 Å². The Kier molecular flexibility index (Phi) is 7.60. The van der Waals surface area contributed by atoms with Gasteiger partial charge in [-0.3, -0.25) is 9.40 Å². The van der Waals surface area contributed by atoms with Gasteiger partial charge in [0, 0.05) is 36.8 Å². The van der Waals surface area contributed by atoms with Crippen LogP contribution in [0.3, 0.4) is 0 Å². The zero-order valence-corrected chi connectivity index (χ0v) is 22.7. The van der Waals surface area contributed by atoms with E-state index in [0.717, 1.165) is 37.0 Å². The zero-order chi connectivity index (χ0) is 28.6.